The molecule has 0 saturated carbocycles. The highest BCUT2D eigenvalue weighted by Gasteiger charge is 2.23. The molecule has 102 valence electrons. The molecule has 19 heavy (non-hydrogen) atoms. The third-order valence-electron chi connectivity index (χ3n) is 3.20. The van der Waals surface area contributed by atoms with Gasteiger partial charge in [-0.15, -0.1) is 0 Å². The summed E-state index contributed by atoms with van der Waals surface area (Å²) >= 11 is 3.39. The van der Waals surface area contributed by atoms with Crippen molar-refractivity contribution in [1.82, 2.24) is 0 Å². The van der Waals surface area contributed by atoms with Gasteiger partial charge in [0.05, 0.1) is 17.8 Å². The summed E-state index contributed by atoms with van der Waals surface area (Å²) in [5.74, 6) is -0.792. The van der Waals surface area contributed by atoms with E-state index >= 15 is 0 Å². The Morgan fingerprint density at radius 1 is 1.42 bits per heavy atom. The van der Waals surface area contributed by atoms with Gasteiger partial charge in [-0.1, -0.05) is 15.9 Å². The van der Waals surface area contributed by atoms with Gasteiger partial charge in [0.25, 0.3) is 0 Å². The van der Waals surface area contributed by atoms with Crippen LogP contribution in [0.4, 0.5) is 11.4 Å². The van der Waals surface area contributed by atoms with Gasteiger partial charge < -0.3 is 14.9 Å². The van der Waals surface area contributed by atoms with Crippen LogP contribution in [0.15, 0.2) is 22.7 Å². The first kappa shape index (κ1) is 13.9. The zero-order valence-corrected chi connectivity index (χ0v) is 12.2. The zero-order valence-electron chi connectivity index (χ0n) is 10.6. The average Bonchev–Trinajstić information content (AvgIpc) is 2.47. The Labute approximate surface area is 119 Å². The first-order chi connectivity index (χ1) is 8.99. The number of hydrogen-bond donors (Lipinski definition) is 1. The van der Waals surface area contributed by atoms with Gasteiger partial charge in [-0.3, -0.25) is 9.59 Å². The second-order valence-electron chi connectivity index (χ2n) is 4.47. The number of fused-ring (bicyclic) bond motifs is 1. The number of halogens is 1. The lowest BCUT2D eigenvalue weighted by Crippen LogP contribution is -2.27. The second-order valence-corrected chi connectivity index (χ2v) is 5.38. The molecule has 0 atom stereocenters. The van der Waals surface area contributed by atoms with Crippen LogP contribution in [-0.4, -0.2) is 37.1 Å². The van der Waals surface area contributed by atoms with Crippen molar-refractivity contribution in [2.75, 3.05) is 29.9 Å². The summed E-state index contributed by atoms with van der Waals surface area (Å²) in [6.45, 7) is 0.955. The first-order valence-electron chi connectivity index (χ1n) is 6.02. The third kappa shape index (κ3) is 3.07. The molecule has 0 spiro atoms. The van der Waals surface area contributed by atoms with E-state index in [1.165, 1.54) is 0 Å². The molecule has 0 fully saturated rings. The Kier molecular flexibility index (Phi) is 4.09. The van der Waals surface area contributed by atoms with Gasteiger partial charge in [-0.2, -0.15) is 0 Å². The molecule has 1 heterocycles. The van der Waals surface area contributed by atoms with Crippen LogP contribution in [0, 0.1) is 0 Å². The Morgan fingerprint density at radius 2 is 2.16 bits per heavy atom. The minimum Gasteiger partial charge on any atom is -0.481 e. The molecule has 0 radical (unpaired) electrons. The maximum atomic E-state index is 11.9. The normalized spacial score (nSPS) is 15.2. The topological polar surface area (TPSA) is 60.9 Å². The van der Waals surface area contributed by atoms with Gasteiger partial charge >= 0.3 is 5.97 Å². The van der Waals surface area contributed by atoms with E-state index in [0.29, 0.717) is 19.5 Å². The summed E-state index contributed by atoms with van der Waals surface area (Å²) in [5, 5.41) is 8.80. The lowest BCUT2D eigenvalue weighted by Gasteiger charge is -2.25. The Morgan fingerprint density at radius 3 is 2.84 bits per heavy atom. The van der Waals surface area contributed by atoms with Crippen molar-refractivity contribution in [3.8, 4) is 0 Å². The highest BCUT2D eigenvalue weighted by Crippen LogP contribution is 2.34. The van der Waals surface area contributed by atoms with E-state index in [1.807, 2.05) is 23.1 Å². The number of carboxylic acids is 1. The van der Waals surface area contributed by atoms with Crippen LogP contribution in [0.25, 0.3) is 0 Å². The van der Waals surface area contributed by atoms with E-state index in [1.54, 1.807) is 11.9 Å². The van der Waals surface area contributed by atoms with Crippen LogP contribution in [0.2, 0.25) is 0 Å². The molecule has 0 aromatic heterocycles. The molecule has 6 heteroatoms. The Hall–Kier alpha value is -1.56. The van der Waals surface area contributed by atoms with E-state index in [2.05, 4.69) is 15.9 Å². The summed E-state index contributed by atoms with van der Waals surface area (Å²) < 4.78 is 0.894. The highest BCUT2D eigenvalue weighted by atomic mass is 79.9. The molecule has 1 aromatic carbocycles. The number of carboxylic acid groups (broad SMARTS) is 1. The van der Waals surface area contributed by atoms with Crippen molar-refractivity contribution in [3.05, 3.63) is 22.7 Å². The third-order valence-corrected chi connectivity index (χ3v) is 3.70. The van der Waals surface area contributed by atoms with Crippen molar-refractivity contribution in [3.63, 3.8) is 0 Å². The summed E-state index contributed by atoms with van der Waals surface area (Å²) in [4.78, 5) is 26.2. The van der Waals surface area contributed by atoms with Crippen molar-refractivity contribution in [2.45, 2.75) is 12.8 Å². The van der Waals surface area contributed by atoms with Gasteiger partial charge in [0.1, 0.15) is 0 Å². The quantitative estimate of drug-likeness (QED) is 0.924. The number of amides is 1. The number of benzene rings is 1. The fourth-order valence-electron chi connectivity index (χ4n) is 2.15. The molecule has 1 N–H and O–H groups in total. The van der Waals surface area contributed by atoms with Crippen LogP contribution in [0.3, 0.4) is 0 Å². The van der Waals surface area contributed by atoms with Gasteiger partial charge in [0.15, 0.2) is 0 Å². The minimum absolute atomic E-state index is 0.0391. The van der Waals surface area contributed by atoms with Crippen molar-refractivity contribution in [1.29, 1.82) is 0 Å². The summed E-state index contributed by atoms with van der Waals surface area (Å²) in [7, 11) is 1.74. The number of carbonyl (C=O) groups is 2. The largest absolute Gasteiger partial charge is 0.481 e. The van der Waals surface area contributed by atoms with Crippen LogP contribution in [0.5, 0.6) is 0 Å². The van der Waals surface area contributed by atoms with Crippen LogP contribution in [0.1, 0.15) is 12.8 Å². The fourth-order valence-corrected chi connectivity index (χ4v) is 2.50. The zero-order chi connectivity index (χ0) is 14.0. The predicted molar refractivity (Wildman–Crippen MR) is 76.6 cm³/mol. The molecule has 0 unspecified atom stereocenters. The SMILES string of the molecule is CN1C(=O)CCN(CCC(=O)O)c2ccc(Br)cc21. The number of nitrogens with zero attached hydrogens (tertiary/aromatic N) is 2. The monoisotopic (exact) mass is 326 g/mol. The lowest BCUT2D eigenvalue weighted by atomic mass is 10.2. The number of rotatable bonds is 3. The molecule has 1 aromatic rings. The molecule has 1 amide bonds. The predicted octanol–water partition coefficient (Wildman–Crippen LogP) is 2.10. The van der Waals surface area contributed by atoms with Gasteiger partial charge in [0.2, 0.25) is 5.91 Å². The minimum atomic E-state index is -0.831. The van der Waals surface area contributed by atoms with Gasteiger partial charge in [0, 0.05) is 31.0 Å². The molecule has 0 saturated heterocycles. The highest BCUT2D eigenvalue weighted by molar-refractivity contribution is 9.10. The molecule has 1 aliphatic heterocycles. The van der Waals surface area contributed by atoms with Crippen LogP contribution >= 0.6 is 15.9 Å². The smallest absolute Gasteiger partial charge is 0.305 e. The van der Waals surface area contributed by atoms with Crippen LogP contribution in [-0.2, 0) is 9.59 Å². The molecule has 1 aliphatic rings. The number of aliphatic carboxylic acids is 1. The van der Waals surface area contributed by atoms with Gasteiger partial charge in [-0.25, -0.2) is 0 Å². The maximum absolute atomic E-state index is 11.9. The average molecular weight is 327 g/mol. The van der Waals surface area contributed by atoms with E-state index in [-0.39, 0.29) is 12.3 Å². The van der Waals surface area contributed by atoms with E-state index in [4.69, 9.17) is 5.11 Å². The number of anilines is 2. The molecular formula is C13H15BrN2O3. The van der Waals surface area contributed by atoms with E-state index in [0.717, 1.165) is 15.8 Å². The molecule has 0 bridgehead atoms. The summed E-state index contributed by atoms with van der Waals surface area (Å²) in [6, 6.07) is 5.69. The Balaban J connectivity index is 2.35. The maximum Gasteiger partial charge on any atom is 0.305 e. The fraction of sp³-hybridized carbons (Fsp3) is 0.385. The lowest BCUT2D eigenvalue weighted by molar-refractivity contribution is -0.136. The molecule has 0 aliphatic carbocycles. The van der Waals surface area contributed by atoms with Crippen molar-refractivity contribution in [2.24, 2.45) is 0 Å². The molecule has 5 nitrogen and oxygen atoms in total. The second kappa shape index (κ2) is 5.61. The number of carbonyl (C=O) groups excluding carboxylic acids is 1. The summed E-state index contributed by atoms with van der Waals surface area (Å²) in [5.41, 5.74) is 1.71. The summed E-state index contributed by atoms with van der Waals surface area (Å²) in [6.07, 6.45) is 0.454. The standard InChI is InChI=1S/C13H15BrN2O3/c1-15-11-8-9(14)2-3-10(11)16(6-4-12(15)17)7-5-13(18)19/h2-3,8H,4-7H2,1H3,(H,18,19). The molecular weight excluding hydrogens is 312 g/mol. The van der Waals surface area contributed by atoms with Crippen molar-refractivity contribution < 1.29 is 14.7 Å². The Bertz CT molecular complexity index is 519. The molecule has 2 rings (SSSR count). The van der Waals surface area contributed by atoms with E-state index < -0.39 is 5.97 Å². The van der Waals surface area contributed by atoms with Crippen molar-refractivity contribution >= 4 is 39.2 Å². The number of hydrogen-bond acceptors (Lipinski definition) is 3. The van der Waals surface area contributed by atoms with E-state index in [9.17, 15) is 9.59 Å². The van der Waals surface area contributed by atoms with Gasteiger partial charge in [-0.05, 0) is 18.2 Å². The van der Waals surface area contributed by atoms with Crippen LogP contribution < -0.4 is 9.80 Å². The first-order valence-corrected chi connectivity index (χ1v) is 6.81.